The molecule has 0 saturated carbocycles. The van der Waals surface area contributed by atoms with E-state index in [1.807, 2.05) is 48.5 Å². The van der Waals surface area contributed by atoms with E-state index in [0.717, 1.165) is 18.3 Å². The Bertz CT molecular complexity index is 1550. The van der Waals surface area contributed by atoms with Gasteiger partial charge in [-0.3, -0.25) is 0 Å². The van der Waals surface area contributed by atoms with Gasteiger partial charge in [-0.25, -0.2) is 16.8 Å². The first-order valence-electron chi connectivity index (χ1n) is 13.0. The van der Waals surface area contributed by atoms with E-state index in [9.17, 15) is 16.8 Å². The molecular weight excluding hydrogens is 820 g/mol. The molecule has 1 N–H and O–H groups in total. The van der Waals surface area contributed by atoms with E-state index in [0.29, 0.717) is 13.1 Å². The number of nitrogens with one attached hydrogen (secondary N) is 1. The minimum absolute atomic E-state index is 0. The zero-order valence-electron chi connectivity index (χ0n) is 22.4. The average molecular weight is 850 g/mol. The summed E-state index contributed by atoms with van der Waals surface area (Å²) >= 11 is 4.43. The minimum atomic E-state index is -3.98. The third kappa shape index (κ3) is 7.54. The van der Waals surface area contributed by atoms with Crippen LogP contribution in [-0.4, -0.2) is 50.6 Å². The Morgan fingerprint density at radius 3 is 1.24 bits per heavy atom. The summed E-state index contributed by atoms with van der Waals surface area (Å²) in [5.74, 6) is 0. The van der Waals surface area contributed by atoms with E-state index < -0.39 is 32.1 Å². The maximum atomic E-state index is 14.2. The van der Waals surface area contributed by atoms with Gasteiger partial charge >= 0.3 is 0 Å². The predicted octanol–water partition coefficient (Wildman–Crippen LogP) is 5.74. The van der Waals surface area contributed by atoms with Crippen LogP contribution in [0.1, 0.15) is 11.1 Å². The van der Waals surface area contributed by atoms with Crippen molar-refractivity contribution < 1.29 is 16.8 Å². The molecule has 0 bridgehead atoms. The van der Waals surface area contributed by atoms with E-state index in [1.54, 1.807) is 60.7 Å². The summed E-state index contributed by atoms with van der Waals surface area (Å²) in [4.78, 5) is 0.345. The molecule has 4 aromatic carbocycles. The number of halogens is 3. The highest BCUT2D eigenvalue weighted by atomic mass is 127. The highest BCUT2D eigenvalue weighted by Gasteiger charge is 2.45. The van der Waals surface area contributed by atoms with Gasteiger partial charge in [0, 0.05) is 33.3 Å². The highest BCUT2D eigenvalue weighted by molar-refractivity contribution is 14.1. The SMILES string of the molecule is Cl.O=S(=O)(c1ccccc1)N(Cc1ccc(I)cc1)[C@H]1CNC[C@@H]1N(Cc1ccc(I)cc1)S(=O)(=O)c1ccccc1. The fourth-order valence-electron chi connectivity index (χ4n) is 4.99. The van der Waals surface area contributed by atoms with Crippen molar-refractivity contribution in [3.8, 4) is 0 Å². The third-order valence-corrected chi connectivity index (χ3v) is 12.3. The van der Waals surface area contributed by atoms with Gasteiger partial charge in [-0.1, -0.05) is 60.7 Å². The quantitative estimate of drug-likeness (QED) is 0.206. The van der Waals surface area contributed by atoms with Crippen molar-refractivity contribution in [1.29, 1.82) is 0 Å². The molecule has 0 spiro atoms. The number of nitrogens with zero attached hydrogens (tertiary/aromatic N) is 2. The molecule has 0 radical (unpaired) electrons. The van der Waals surface area contributed by atoms with Crippen molar-refractivity contribution in [2.24, 2.45) is 0 Å². The second-order valence-corrected chi connectivity index (χ2v) is 16.0. The zero-order valence-corrected chi connectivity index (χ0v) is 29.1. The molecule has 42 heavy (non-hydrogen) atoms. The Labute approximate surface area is 281 Å². The number of rotatable bonds is 10. The highest BCUT2D eigenvalue weighted by Crippen LogP contribution is 2.30. The normalized spacial score (nSPS) is 17.3. The lowest BCUT2D eigenvalue weighted by atomic mass is 10.1. The Balaban J connectivity index is 0.00000405. The van der Waals surface area contributed by atoms with E-state index >= 15 is 0 Å². The predicted molar refractivity (Wildman–Crippen MR) is 184 cm³/mol. The first-order chi connectivity index (χ1) is 19.7. The van der Waals surface area contributed by atoms with Crippen LogP contribution in [0, 0.1) is 7.14 Å². The van der Waals surface area contributed by atoms with Crippen molar-refractivity contribution in [2.45, 2.75) is 35.0 Å². The van der Waals surface area contributed by atoms with Crippen molar-refractivity contribution in [3.05, 3.63) is 127 Å². The van der Waals surface area contributed by atoms with Crippen LogP contribution >= 0.6 is 57.6 Å². The fourth-order valence-corrected chi connectivity index (χ4v) is 9.04. The molecule has 7 nitrogen and oxygen atoms in total. The molecule has 0 aromatic heterocycles. The molecule has 0 aliphatic carbocycles. The van der Waals surface area contributed by atoms with Gasteiger partial charge in [-0.2, -0.15) is 8.61 Å². The summed E-state index contributed by atoms with van der Waals surface area (Å²) in [5, 5.41) is 3.31. The van der Waals surface area contributed by atoms with Gasteiger partial charge in [0.1, 0.15) is 0 Å². The number of hydrogen-bond donors (Lipinski definition) is 1. The van der Waals surface area contributed by atoms with Crippen LogP contribution in [0.3, 0.4) is 0 Å². The topological polar surface area (TPSA) is 86.8 Å². The summed E-state index contributed by atoms with van der Waals surface area (Å²) in [6.45, 7) is 0.850. The van der Waals surface area contributed by atoms with Crippen LogP contribution in [0.4, 0.5) is 0 Å². The molecule has 0 amide bonds. The monoisotopic (exact) mass is 849 g/mol. The molecule has 1 aliphatic heterocycles. The van der Waals surface area contributed by atoms with Gasteiger partial charge in [0.25, 0.3) is 0 Å². The largest absolute Gasteiger partial charge is 0.313 e. The smallest absolute Gasteiger partial charge is 0.243 e. The number of hydrogen-bond acceptors (Lipinski definition) is 5. The van der Waals surface area contributed by atoms with E-state index in [4.69, 9.17) is 0 Å². The molecule has 2 atom stereocenters. The summed E-state index contributed by atoms with van der Waals surface area (Å²) in [6, 6.07) is 30.8. The molecule has 1 fully saturated rings. The zero-order chi connectivity index (χ0) is 29.0. The standard InChI is InChI=1S/C30H29I2N3O4S2.ClH/c31-25-15-11-23(12-16-25)21-34(40(36,37)27-7-3-1-4-8-27)29-19-33-20-30(29)35(22-24-13-17-26(32)18-14-24)41(38,39)28-9-5-2-6-10-28;/h1-18,29-30,33H,19-22H2;1H/t29-,30-;/m0./s1. The lowest BCUT2D eigenvalue weighted by Crippen LogP contribution is -2.54. The van der Waals surface area contributed by atoms with E-state index in [1.165, 1.54) is 8.61 Å². The minimum Gasteiger partial charge on any atom is -0.313 e. The van der Waals surface area contributed by atoms with Gasteiger partial charge in [0.05, 0.1) is 21.9 Å². The van der Waals surface area contributed by atoms with Crippen molar-refractivity contribution in [1.82, 2.24) is 13.9 Å². The van der Waals surface area contributed by atoms with Gasteiger partial charge in [-0.05, 0) is 105 Å². The molecular formula is C30H30ClI2N3O4S2. The van der Waals surface area contributed by atoms with Crippen LogP contribution in [-0.2, 0) is 33.1 Å². The molecule has 222 valence electrons. The summed E-state index contributed by atoms with van der Waals surface area (Å²) in [6.07, 6.45) is 0. The lowest BCUT2D eigenvalue weighted by molar-refractivity contribution is 0.219. The van der Waals surface area contributed by atoms with Crippen LogP contribution < -0.4 is 5.32 Å². The number of benzene rings is 4. The van der Waals surface area contributed by atoms with Crippen molar-refractivity contribution in [2.75, 3.05) is 13.1 Å². The third-order valence-electron chi connectivity index (χ3n) is 7.09. The Morgan fingerprint density at radius 2 is 0.905 bits per heavy atom. The molecule has 1 heterocycles. The molecule has 4 aromatic rings. The second kappa shape index (κ2) is 14.5. The fraction of sp³-hybridized carbons (Fsp3) is 0.200. The van der Waals surface area contributed by atoms with Gasteiger partial charge in [-0.15, -0.1) is 12.4 Å². The van der Waals surface area contributed by atoms with Gasteiger partial charge in [0.15, 0.2) is 0 Å². The molecule has 12 heteroatoms. The maximum absolute atomic E-state index is 14.2. The lowest BCUT2D eigenvalue weighted by Gasteiger charge is -2.37. The molecule has 0 unspecified atom stereocenters. The van der Waals surface area contributed by atoms with Crippen molar-refractivity contribution in [3.63, 3.8) is 0 Å². The Morgan fingerprint density at radius 1 is 0.571 bits per heavy atom. The second-order valence-electron chi connectivity index (χ2n) is 9.77. The van der Waals surface area contributed by atoms with Crippen LogP contribution in [0.2, 0.25) is 0 Å². The maximum Gasteiger partial charge on any atom is 0.243 e. The molecule has 1 saturated heterocycles. The summed E-state index contributed by atoms with van der Waals surface area (Å²) < 4.78 is 61.8. The Kier molecular flexibility index (Phi) is 11.5. The van der Waals surface area contributed by atoms with Crippen LogP contribution in [0.5, 0.6) is 0 Å². The molecule has 5 rings (SSSR count). The molecule has 1 aliphatic rings. The summed E-state index contributed by atoms with van der Waals surface area (Å²) in [5.41, 5.74) is 1.65. The van der Waals surface area contributed by atoms with E-state index in [2.05, 4.69) is 50.5 Å². The Hall–Kier alpha value is -1.59. The van der Waals surface area contributed by atoms with E-state index in [-0.39, 0.29) is 35.3 Å². The first kappa shape index (κ1) is 33.3. The first-order valence-corrected chi connectivity index (χ1v) is 18.0. The summed E-state index contributed by atoms with van der Waals surface area (Å²) in [7, 11) is -7.96. The van der Waals surface area contributed by atoms with Crippen LogP contribution in [0.15, 0.2) is 119 Å². The van der Waals surface area contributed by atoms with Gasteiger partial charge in [0.2, 0.25) is 20.0 Å². The van der Waals surface area contributed by atoms with Gasteiger partial charge < -0.3 is 5.32 Å². The van der Waals surface area contributed by atoms with Crippen molar-refractivity contribution >= 4 is 77.6 Å². The number of sulfonamides is 2. The van der Waals surface area contributed by atoms with Crippen LogP contribution in [0.25, 0.3) is 0 Å². The average Bonchev–Trinajstić information content (AvgIpc) is 3.46.